The second kappa shape index (κ2) is 14.5. The van der Waals surface area contributed by atoms with Gasteiger partial charge in [-0.3, -0.25) is 14.5 Å². The van der Waals surface area contributed by atoms with Crippen molar-refractivity contribution >= 4 is 17.9 Å². The van der Waals surface area contributed by atoms with Crippen molar-refractivity contribution in [1.82, 2.24) is 20.9 Å². The first-order valence-electron chi connectivity index (χ1n) is 14.8. The molecule has 5 unspecified atom stereocenters. The van der Waals surface area contributed by atoms with Crippen molar-refractivity contribution in [3.63, 3.8) is 0 Å². The van der Waals surface area contributed by atoms with Gasteiger partial charge in [-0.2, -0.15) is 0 Å². The van der Waals surface area contributed by atoms with Crippen LogP contribution in [0.4, 0.5) is 4.79 Å². The van der Waals surface area contributed by atoms with Gasteiger partial charge in [-0.1, -0.05) is 78.9 Å². The minimum absolute atomic E-state index is 0.00643. The van der Waals surface area contributed by atoms with E-state index < -0.39 is 47.9 Å². The van der Waals surface area contributed by atoms with Crippen LogP contribution >= 0.6 is 0 Å². The molecule has 4 rings (SSSR count). The van der Waals surface area contributed by atoms with Crippen LogP contribution in [0, 0.1) is 0 Å². The van der Waals surface area contributed by atoms with Crippen molar-refractivity contribution in [1.29, 1.82) is 0 Å². The average Bonchev–Trinajstić information content (AvgIpc) is 3.33. The van der Waals surface area contributed by atoms with Crippen LogP contribution in [0.2, 0.25) is 0 Å². The number of amides is 3. The number of carbonyl (C=O) groups excluding carboxylic acids is 2. The highest BCUT2D eigenvalue weighted by atomic mass is 16.4. The van der Waals surface area contributed by atoms with Gasteiger partial charge in [0.1, 0.15) is 6.04 Å². The standard InChI is InChI=1S/C34H42N4O6/c1-34(2,3)38(33(43)44)27(19-23-14-8-5-9-15-23)29(40)21-35-20-28(39)26(18-22-12-6-4-7-13-22)36-32(42)30-24-16-10-11-17-25(24)31(41)37-30/h4-17,26-30,35,39-40H,18-21H2,1-3H3,(H,36,42)(H,37,41)(H,43,44). The predicted octanol–water partition coefficient (Wildman–Crippen LogP) is 2.90. The van der Waals surface area contributed by atoms with Crippen LogP contribution in [0.1, 0.15) is 53.9 Å². The first-order chi connectivity index (χ1) is 21.0. The third-order valence-corrected chi connectivity index (χ3v) is 7.84. The Labute approximate surface area is 258 Å². The van der Waals surface area contributed by atoms with Gasteiger partial charge in [0, 0.05) is 24.2 Å². The molecule has 10 heteroatoms. The number of fused-ring (bicyclic) bond motifs is 1. The number of nitrogens with one attached hydrogen (secondary N) is 3. The first kappa shape index (κ1) is 32.7. The number of rotatable bonds is 13. The Kier molecular flexibility index (Phi) is 10.7. The fourth-order valence-electron chi connectivity index (χ4n) is 5.70. The number of aliphatic hydroxyl groups excluding tert-OH is 2. The fraction of sp³-hybridized carbons (Fsp3) is 0.382. The predicted molar refractivity (Wildman–Crippen MR) is 167 cm³/mol. The molecule has 0 fully saturated rings. The normalized spacial score (nSPS) is 17.1. The van der Waals surface area contributed by atoms with Gasteiger partial charge in [-0.15, -0.1) is 0 Å². The number of hydrogen-bond acceptors (Lipinski definition) is 6. The van der Waals surface area contributed by atoms with Crippen molar-refractivity contribution in [2.45, 2.75) is 69.5 Å². The molecule has 0 saturated heterocycles. The quantitative estimate of drug-likeness (QED) is 0.176. The SMILES string of the molecule is CC(C)(C)N(C(=O)O)C(Cc1ccccc1)C(O)CNCC(O)C(Cc1ccccc1)NC(=O)C1NC(=O)c2ccccc21. The Morgan fingerprint density at radius 3 is 1.98 bits per heavy atom. The lowest BCUT2D eigenvalue weighted by Crippen LogP contribution is -2.58. The number of nitrogens with zero attached hydrogens (tertiary/aromatic N) is 1. The van der Waals surface area contributed by atoms with E-state index in [0.717, 1.165) is 11.1 Å². The van der Waals surface area contributed by atoms with Crippen LogP contribution in [0.3, 0.4) is 0 Å². The van der Waals surface area contributed by atoms with Crippen molar-refractivity contribution < 1.29 is 29.7 Å². The van der Waals surface area contributed by atoms with Gasteiger partial charge >= 0.3 is 6.09 Å². The number of aliphatic hydroxyl groups is 2. The largest absolute Gasteiger partial charge is 0.465 e. The smallest absolute Gasteiger partial charge is 0.408 e. The Hall–Kier alpha value is -4.25. The summed E-state index contributed by atoms with van der Waals surface area (Å²) in [5.41, 5.74) is 2.04. The summed E-state index contributed by atoms with van der Waals surface area (Å²) in [7, 11) is 0. The van der Waals surface area contributed by atoms with Crippen LogP contribution in [-0.4, -0.2) is 81.0 Å². The number of carbonyl (C=O) groups is 3. The summed E-state index contributed by atoms with van der Waals surface area (Å²) in [6.45, 7) is 5.37. The fourth-order valence-corrected chi connectivity index (χ4v) is 5.70. The van der Waals surface area contributed by atoms with E-state index in [9.17, 15) is 29.7 Å². The molecule has 0 bridgehead atoms. The molecule has 3 aromatic rings. The molecule has 3 amide bonds. The monoisotopic (exact) mass is 602 g/mol. The highest BCUT2D eigenvalue weighted by molar-refractivity contribution is 6.04. The van der Waals surface area contributed by atoms with Crippen LogP contribution in [0.5, 0.6) is 0 Å². The summed E-state index contributed by atoms with van der Waals surface area (Å²) in [5, 5.41) is 41.4. The van der Waals surface area contributed by atoms with Crippen molar-refractivity contribution in [2.75, 3.05) is 13.1 Å². The average molecular weight is 603 g/mol. The minimum Gasteiger partial charge on any atom is -0.465 e. The molecule has 5 atom stereocenters. The molecule has 3 aromatic carbocycles. The van der Waals surface area contributed by atoms with E-state index in [-0.39, 0.29) is 19.0 Å². The molecule has 1 heterocycles. The summed E-state index contributed by atoms with van der Waals surface area (Å²) in [6.07, 6.45) is -2.66. The summed E-state index contributed by atoms with van der Waals surface area (Å²) in [6, 6.07) is 23.4. The topological polar surface area (TPSA) is 151 Å². The third-order valence-electron chi connectivity index (χ3n) is 7.84. The van der Waals surface area contributed by atoms with Gasteiger partial charge in [0.25, 0.3) is 5.91 Å². The van der Waals surface area contributed by atoms with Gasteiger partial charge in [-0.25, -0.2) is 4.79 Å². The Bertz CT molecular complexity index is 1410. The van der Waals surface area contributed by atoms with Gasteiger partial charge < -0.3 is 31.3 Å². The summed E-state index contributed by atoms with van der Waals surface area (Å²) < 4.78 is 0. The number of hydrogen-bond donors (Lipinski definition) is 6. The van der Waals surface area contributed by atoms with Gasteiger partial charge in [0.15, 0.2) is 0 Å². The zero-order valence-corrected chi connectivity index (χ0v) is 25.3. The van der Waals surface area contributed by atoms with Crippen molar-refractivity contribution in [3.05, 3.63) is 107 Å². The molecule has 234 valence electrons. The maximum absolute atomic E-state index is 13.4. The van der Waals surface area contributed by atoms with E-state index >= 15 is 0 Å². The van der Waals surface area contributed by atoms with Crippen molar-refractivity contribution in [3.8, 4) is 0 Å². The molecule has 44 heavy (non-hydrogen) atoms. The molecule has 0 aromatic heterocycles. The highest BCUT2D eigenvalue weighted by Crippen LogP contribution is 2.26. The van der Waals surface area contributed by atoms with E-state index in [1.807, 2.05) is 60.7 Å². The maximum Gasteiger partial charge on any atom is 0.408 e. The zero-order chi connectivity index (χ0) is 31.9. The molecule has 0 spiro atoms. The van der Waals surface area contributed by atoms with Crippen LogP contribution in [0.15, 0.2) is 84.9 Å². The molecule has 0 aliphatic carbocycles. The lowest BCUT2D eigenvalue weighted by atomic mass is 9.94. The molecule has 0 radical (unpaired) electrons. The Morgan fingerprint density at radius 1 is 0.841 bits per heavy atom. The van der Waals surface area contributed by atoms with E-state index in [0.29, 0.717) is 24.0 Å². The zero-order valence-electron chi connectivity index (χ0n) is 25.3. The minimum atomic E-state index is -1.14. The van der Waals surface area contributed by atoms with Gasteiger partial charge in [-0.05, 0) is 56.4 Å². The molecule has 1 aliphatic rings. The first-order valence-corrected chi connectivity index (χ1v) is 14.8. The number of carboxylic acid groups (broad SMARTS) is 1. The highest BCUT2D eigenvalue weighted by Gasteiger charge is 2.38. The molecular weight excluding hydrogens is 560 g/mol. The Morgan fingerprint density at radius 2 is 1.39 bits per heavy atom. The molecule has 10 nitrogen and oxygen atoms in total. The molecule has 0 saturated carbocycles. The van der Waals surface area contributed by atoms with Crippen molar-refractivity contribution in [2.24, 2.45) is 0 Å². The van der Waals surface area contributed by atoms with Gasteiger partial charge in [0.2, 0.25) is 5.91 Å². The second-order valence-electron chi connectivity index (χ2n) is 12.2. The van der Waals surface area contributed by atoms with Crippen LogP contribution < -0.4 is 16.0 Å². The summed E-state index contributed by atoms with van der Waals surface area (Å²) >= 11 is 0. The summed E-state index contributed by atoms with van der Waals surface area (Å²) in [4.78, 5) is 39.4. The van der Waals surface area contributed by atoms with E-state index in [1.54, 1.807) is 45.0 Å². The van der Waals surface area contributed by atoms with Crippen LogP contribution in [-0.2, 0) is 17.6 Å². The van der Waals surface area contributed by atoms with E-state index in [2.05, 4.69) is 16.0 Å². The molecule has 1 aliphatic heterocycles. The Balaban J connectivity index is 1.45. The molecular formula is C34H42N4O6. The summed E-state index contributed by atoms with van der Waals surface area (Å²) in [5.74, 6) is -0.763. The van der Waals surface area contributed by atoms with E-state index in [1.165, 1.54) is 4.90 Å². The second-order valence-corrected chi connectivity index (χ2v) is 12.2. The lowest BCUT2D eigenvalue weighted by molar-refractivity contribution is -0.124. The third kappa shape index (κ3) is 8.22. The van der Waals surface area contributed by atoms with Gasteiger partial charge in [0.05, 0.1) is 24.3 Å². The maximum atomic E-state index is 13.4. The number of benzene rings is 3. The van der Waals surface area contributed by atoms with Crippen LogP contribution in [0.25, 0.3) is 0 Å². The lowest BCUT2D eigenvalue weighted by Gasteiger charge is -2.42. The molecule has 6 N–H and O–H groups in total. The van der Waals surface area contributed by atoms with E-state index in [4.69, 9.17) is 0 Å².